The molecule has 1 heterocycles. The molecule has 12 heteroatoms. The minimum absolute atomic E-state index is 0.00850. The van der Waals surface area contributed by atoms with Crippen LogP contribution in [0.2, 0.25) is 0 Å². The highest BCUT2D eigenvalue weighted by atomic mass is 32.2. The minimum Gasteiger partial charge on any atom is -0.615 e. The average Bonchev–Trinajstić information content (AvgIpc) is 2.78. The first kappa shape index (κ1) is 27.0. The molecule has 0 radical (unpaired) electrons. The lowest BCUT2D eigenvalue weighted by atomic mass is 9.93. The Balaban J connectivity index is 1.60. The number of nitrogens with zero attached hydrogens (tertiary/aromatic N) is 1. The van der Waals surface area contributed by atoms with Gasteiger partial charge in [-0.2, -0.15) is 22.0 Å². The molecule has 2 aromatic carbocycles. The lowest BCUT2D eigenvalue weighted by Crippen LogP contribution is -2.47. The number of halogens is 5. The van der Waals surface area contributed by atoms with Crippen molar-refractivity contribution in [2.45, 2.75) is 43.9 Å². The molecule has 35 heavy (non-hydrogen) atoms. The van der Waals surface area contributed by atoms with Gasteiger partial charge in [0.15, 0.2) is 0 Å². The number of rotatable bonds is 9. The van der Waals surface area contributed by atoms with Crippen LogP contribution in [0.5, 0.6) is 11.5 Å². The van der Waals surface area contributed by atoms with Crippen molar-refractivity contribution in [1.82, 2.24) is 4.90 Å². The van der Waals surface area contributed by atoms with E-state index in [1.54, 1.807) is 12.1 Å². The quantitative estimate of drug-likeness (QED) is 0.378. The van der Waals surface area contributed by atoms with E-state index in [0.717, 1.165) is 11.1 Å². The molecule has 0 spiro atoms. The van der Waals surface area contributed by atoms with Gasteiger partial charge in [0.1, 0.15) is 17.3 Å². The number of fused-ring (bicyclic) bond motifs is 1. The van der Waals surface area contributed by atoms with E-state index in [1.165, 1.54) is 35.2 Å². The van der Waals surface area contributed by atoms with Crippen molar-refractivity contribution in [2.75, 3.05) is 18.3 Å². The molecular formula is C23H24F5NO5S. The van der Waals surface area contributed by atoms with E-state index in [1.807, 2.05) is 0 Å². The van der Waals surface area contributed by atoms with Crippen molar-refractivity contribution in [2.24, 2.45) is 0 Å². The third-order valence-corrected chi connectivity index (χ3v) is 6.78. The zero-order valence-electron chi connectivity index (χ0n) is 18.4. The van der Waals surface area contributed by atoms with Gasteiger partial charge in [0.2, 0.25) is 5.94 Å². The third kappa shape index (κ3) is 6.98. The van der Waals surface area contributed by atoms with E-state index in [0.29, 0.717) is 12.0 Å². The van der Waals surface area contributed by atoms with Crippen LogP contribution in [0.15, 0.2) is 42.5 Å². The van der Waals surface area contributed by atoms with E-state index in [4.69, 9.17) is 4.74 Å². The van der Waals surface area contributed by atoms with Crippen molar-refractivity contribution in [1.29, 1.82) is 0 Å². The second-order valence-corrected chi connectivity index (χ2v) is 9.75. The van der Waals surface area contributed by atoms with Gasteiger partial charge in [-0.3, -0.25) is 4.79 Å². The van der Waals surface area contributed by atoms with Gasteiger partial charge in [-0.05, 0) is 71.5 Å². The molecule has 0 saturated heterocycles. The fourth-order valence-electron chi connectivity index (χ4n) is 3.72. The SMILES string of the molecule is O=C(c1ccc(O)cc1)N1Cc2cc(O)ccc2CC1COC[S+]([O-])CCCC(F)(F)C(F)(F)F. The van der Waals surface area contributed by atoms with Gasteiger partial charge in [0, 0.05) is 18.5 Å². The molecule has 2 atom stereocenters. The van der Waals surface area contributed by atoms with Gasteiger partial charge in [-0.25, -0.2) is 0 Å². The van der Waals surface area contributed by atoms with Crippen LogP contribution in [-0.2, 0) is 28.9 Å². The zero-order chi connectivity index (χ0) is 25.8. The lowest BCUT2D eigenvalue weighted by Gasteiger charge is -2.37. The van der Waals surface area contributed by atoms with E-state index >= 15 is 0 Å². The maximum Gasteiger partial charge on any atom is 0.453 e. The molecule has 0 bridgehead atoms. The molecule has 1 amide bonds. The summed E-state index contributed by atoms with van der Waals surface area (Å²) in [4.78, 5) is 14.6. The molecule has 3 rings (SSSR count). The third-order valence-electron chi connectivity index (χ3n) is 5.60. The van der Waals surface area contributed by atoms with Crippen LogP contribution in [0.25, 0.3) is 0 Å². The molecule has 2 aromatic rings. The molecule has 1 aliphatic rings. The van der Waals surface area contributed by atoms with Gasteiger partial charge in [-0.1, -0.05) is 6.07 Å². The van der Waals surface area contributed by atoms with Gasteiger partial charge >= 0.3 is 12.1 Å². The van der Waals surface area contributed by atoms with E-state index in [-0.39, 0.29) is 42.2 Å². The van der Waals surface area contributed by atoms with Crippen molar-refractivity contribution < 1.29 is 46.2 Å². The summed E-state index contributed by atoms with van der Waals surface area (Å²) in [5, 5.41) is 19.3. The summed E-state index contributed by atoms with van der Waals surface area (Å²) >= 11 is -1.78. The molecule has 0 fully saturated rings. The number of phenolic OH excluding ortho intramolecular Hbond substituents is 2. The number of aromatic hydroxyl groups is 2. The Bertz CT molecular complexity index is 1020. The number of carbonyl (C=O) groups excluding carboxylic acids is 1. The average molecular weight is 522 g/mol. The Morgan fingerprint density at radius 1 is 1.06 bits per heavy atom. The number of carbonyl (C=O) groups is 1. The summed E-state index contributed by atoms with van der Waals surface area (Å²) in [6, 6.07) is 9.95. The number of benzene rings is 2. The van der Waals surface area contributed by atoms with Crippen molar-refractivity contribution in [3.63, 3.8) is 0 Å². The Labute approximate surface area is 201 Å². The van der Waals surface area contributed by atoms with Gasteiger partial charge in [0.25, 0.3) is 5.91 Å². The Morgan fingerprint density at radius 3 is 2.37 bits per heavy atom. The molecule has 0 aromatic heterocycles. The Hall–Kier alpha value is -2.57. The fraction of sp³-hybridized carbons (Fsp3) is 0.435. The van der Waals surface area contributed by atoms with Crippen LogP contribution >= 0.6 is 0 Å². The summed E-state index contributed by atoms with van der Waals surface area (Å²) in [7, 11) is 0. The fourth-order valence-corrected chi connectivity index (χ4v) is 4.59. The normalized spacial score (nSPS) is 17.2. The maximum atomic E-state index is 13.1. The van der Waals surface area contributed by atoms with Crippen LogP contribution in [0.4, 0.5) is 22.0 Å². The number of amides is 1. The topological polar surface area (TPSA) is 93.1 Å². The number of hydrogen-bond donors (Lipinski definition) is 2. The van der Waals surface area contributed by atoms with Crippen molar-refractivity contribution in [3.8, 4) is 11.5 Å². The summed E-state index contributed by atoms with van der Waals surface area (Å²) in [6.45, 7) is 0.113. The second kappa shape index (κ2) is 11.0. The first-order valence-corrected chi connectivity index (χ1v) is 12.1. The largest absolute Gasteiger partial charge is 0.615 e. The molecule has 1 aliphatic heterocycles. The summed E-state index contributed by atoms with van der Waals surface area (Å²) < 4.78 is 80.2. The highest BCUT2D eigenvalue weighted by Crippen LogP contribution is 2.38. The summed E-state index contributed by atoms with van der Waals surface area (Å²) in [6.07, 6.45) is -7.33. The molecule has 2 N–H and O–H groups in total. The smallest absolute Gasteiger partial charge is 0.453 e. The molecule has 0 aliphatic carbocycles. The maximum absolute atomic E-state index is 13.1. The predicted octanol–water partition coefficient (Wildman–Crippen LogP) is 4.37. The highest BCUT2D eigenvalue weighted by Gasteiger charge is 2.56. The standard InChI is InChI=1S/C23H24F5NO5S/c24-22(25,23(26,27)28)8-1-9-35(33)14-34-13-18-10-16-4-7-20(31)11-17(16)12-29(18)21(32)15-2-5-19(30)6-3-15/h2-7,11,18,30-31H,1,8-10,12-14H2. The summed E-state index contributed by atoms with van der Waals surface area (Å²) in [5.41, 5.74) is 1.93. The van der Waals surface area contributed by atoms with Crippen LogP contribution in [0.3, 0.4) is 0 Å². The first-order valence-electron chi connectivity index (χ1n) is 10.7. The molecular weight excluding hydrogens is 497 g/mol. The number of ether oxygens (including phenoxy) is 1. The van der Waals surface area contributed by atoms with Gasteiger partial charge < -0.3 is 24.4 Å². The van der Waals surface area contributed by atoms with Crippen molar-refractivity contribution >= 4 is 17.1 Å². The first-order chi connectivity index (χ1) is 16.4. The van der Waals surface area contributed by atoms with Gasteiger partial charge in [-0.15, -0.1) is 0 Å². The van der Waals surface area contributed by atoms with Gasteiger partial charge in [0.05, 0.1) is 12.6 Å². The number of hydrogen-bond acceptors (Lipinski definition) is 5. The lowest BCUT2D eigenvalue weighted by molar-refractivity contribution is -0.284. The van der Waals surface area contributed by atoms with Crippen molar-refractivity contribution in [3.05, 3.63) is 59.2 Å². The molecule has 0 saturated carbocycles. The van der Waals surface area contributed by atoms with Crippen LogP contribution in [-0.4, -0.2) is 62.0 Å². The van der Waals surface area contributed by atoms with E-state index in [9.17, 15) is 41.5 Å². The Morgan fingerprint density at radius 2 is 1.71 bits per heavy atom. The zero-order valence-corrected chi connectivity index (χ0v) is 19.2. The monoisotopic (exact) mass is 521 g/mol. The van der Waals surface area contributed by atoms with Crippen LogP contribution in [0, 0.1) is 0 Å². The second-order valence-electron chi connectivity index (χ2n) is 8.23. The minimum atomic E-state index is -5.65. The molecule has 192 valence electrons. The Kier molecular flexibility index (Phi) is 8.50. The summed E-state index contributed by atoms with van der Waals surface area (Å²) in [5.74, 6) is -5.92. The van der Waals surface area contributed by atoms with Crippen LogP contribution < -0.4 is 0 Å². The molecule has 6 nitrogen and oxygen atoms in total. The molecule has 2 unspecified atom stereocenters. The van der Waals surface area contributed by atoms with E-state index < -0.39 is 42.2 Å². The number of alkyl halides is 5. The van der Waals surface area contributed by atoms with Crippen LogP contribution in [0.1, 0.15) is 34.3 Å². The van der Waals surface area contributed by atoms with E-state index in [2.05, 4.69) is 0 Å². The highest BCUT2D eigenvalue weighted by molar-refractivity contribution is 7.91. The number of phenols is 2. The predicted molar refractivity (Wildman–Crippen MR) is 118 cm³/mol.